The van der Waals surface area contributed by atoms with E-state index < -0.39 is 8.32 Å². The fraction of sp³-hybridized carbons (Fsp3) is 0.871. The van der Waals surface area contributed by atoms with E-state index in [2.05, 4.69) is 67.3 Å². The quantitative estimate of drug-likeness (QED) is 0.277. The van der Waals surface area contributed by atoms with Crippen molar-refractivity contribution < 1.29 is 4.43 Å². The van der Waals surface area contributed by atoms with Crippen molar-refractivity contribution in [2.45, 2.75) is 131 Å². The summed E-state index contributed by atoms with van der Waals surface area (Å²) in [5, 5.41) is 0. The molecule has 0 aromatic heterocycles. The number of hydrogen-bond acceptors (Lipinski definition) is 1. The van der Waals surface area contributed by atoms with E-state index in [9.17, 15) is 0 Å². The third-order valence-corrected chi connectivity index (χ3v) is 11.9. The molecule has 0 radical (unpaired) electrons. The molecule has 0 amide bonds. The second-order valence-electron chi connectivity index (χ2n) is 14.3. The Kier molecular flexibility index (Phi) is 7.23. The lowest BCUT2D eigenvalue weighted by atomic mass is 9.47. The Balaban J connectivity index is 1.54. The zero-order valence-corrected chi connectivity index (χ0v) is 24.5. The molecule has 188 valence electrons. The first-order valence-electron chi connectivity index (χ1n) is 14.4. The van der Waals surface area contributed by atoms with E-state index in [-0.39, 0.29) is 0 Å². The first kappa shape index (κ1) is 25.7. The Hall–Kier alpha value is -0.343. The molecule has 8 atom stereocenters. The highest BCUT2D eigenvalue weighted by Crippen LogP contribution is 2.66. The fourth-order valence-electron chi connectivity index (χ4n) is 9.34. The van der Waals surface area contributed by atoms with Gasteiger partial charge in [0.05, 0.1) is 0 Å². The van der Waals surface area contributed by atoms with Gasteiger partial charge >= 0.3 is 0 Å². The molecule has 2 heteroatoms. The zero-order chi connectivity index (χ0) is 24.2. The maximum atomic E-state index is 6.72. The lowest BCUT2D eigenvalue weighted by Gasteiger charge is -2.59. The first-order valence-corrected chi connectivity index (χ1v) is 17.8. The number of hydrogen-bond donors (Lipinski definition) is 0. The molecule has 0 heterocycles. The fourth-order valence-corrected chi connectivity index (χ4v) is 10.6. The van der Waals surface area contributed by atoms with Crippen LogP contribution in [-0.4, -0.2) is 14.4 Å². The normalized spacial score (nSPS) is 41.8. The van der Waals surface area contributed by atoms with Crippen LogP contribution in [0.5, 0.6) is 0 Å². The van der Waals surface area contributed by atoms with Crippen LogP contribution in [0.15, 0.2) is 22.8 Å². The van der Waals surface area contributed by atoms with Crippen LogP contribution >= 0.6 is 0 Å². The lowest BCUT2D eigenvalue weighted by molar-refractivity contribution is -0.0718. The van der Waals surface area contributed by atoms with Crippen LogP contribution in [0, 0.1) is 40.4 Å². The van der Waals surface area contributed by atoms with Crippen LogP contribution in [0.4, 0.5) is 0 Å². The first-order chi connectivity index (χ1) is 15.4. The van der Waals surface area contributed by atoms with Gasteiger partial charge in [0.25, 0.3) is 0 Å². The van der Waals surface area contributed by atoms with Crippen molar-refractivity contribution in [1.29, 1.82) is 0 Å². The average molecular weight is 471 g/mol. The van der Waals surface area contributed by atoms with Gasteiger partial charge in [-0.15, -0.1) is 0 Å². The standard InChI is InChI=1S/C31H54OSi/c1-21(2)11-10-12-22(3)25-15-16-27-24-13-14-26-23(4)29(32-33(7,8)9)18-20-31(26,6)28(24)17-19-30(25,27)5/h11,22-23,25-26,28-29H,10,12-20H2,1-9H3/t22-,23?,25-,26?,28+,29?,30-,31+/m1/s1. The summed E-state index contributed by atoms with van der Waals surface area (Å²) in [4.78, 5) is 0. The summed E-state index contributed by atoms with van der Waals surface area (Å²) in [5.41, 5.74) is 6.38. The van der Waals surface area contributed by atoms with Gasteiger partial charge in [-0.3, -0.25) is 0 Å². The third kappa shape index (κ3) is 4.74. The van der Waals surface area contributed by atoms with Gasteiger partial charge in [0.2, 0.25) is 0 Å². The maximum Gasteiger partial charge on any atom is 0.184 e. The van der Waals surface area contributed by atoms with Gasteiger partial charge in [0.1, 0.15) is 0 Å². The van der Waals surface area contributed by atoms with Gasteiger partial charge in [-0.2, -0.15) is 0 Å². The molecule has 0 aromatic carbocycles. The zero-order valence-electron chi connectivity index (χ0n) is 23.5. The Morgan fingerprint density at radius 2 is 1.79 bits per heavy atom. The number of rotatable bonds is 6. The highest BCUT2D eigenvalue weighted by Gasteiger charge is 2.57. The van der Waals surface area contributed by atoms with Gasteiger partial charge < -0.3 is 4.43 Å². The minimum Gasteiger partial charge on any atom is -0.414 e. The highest BCUT2D eigenvalue weighted by molar-refractivity contribution is 6.69. The van der Waals surface area contributed by atoms with Crippen LogP contribution in [0.25, 0.3) is 0 Å². The van der Waals surface area contributed by atoms with Crippen LogP contribution in [0.1, 0.15) is 106 Å². The van der Waals surface area contributed by atoms with E-state index in [1.54, 1.807) is 0 Å². The predicted molar refractivity (Wildman–Crippen MR) is 146 cm³/mol. The molecule has 0 N–H and O–H groups in total. The molecule has 4 aliphatic rings. The van der Waals surface area contributed by atoms with E-state index in [0.29, 0.717) is 16.9 Å². The molecule has 0 bridgehead atoms. The summed E-state index contributed by atoms with van der Waals surface area (Å²) in [6, 6.07) is 0. The van der Waals surface area contributed by atoms with Crippen molar-refractivity contribution >= 4 is 8.32 Å². The van der Waals surface area contributed by atoms with Gasteiger partial charge in [-0.25, -0.2) is 0 Å². The Labute approximate surface area is 207 Å². The number of fused-ring (bicyclic) bond motifs is 4. The molecule has 0 saturated heterocycles. The van der Waals surface area contributed by atoms with E-state index in [4.69, 9.17) is 4.43 Å². The smallest absolute Gasteiger partial charge is 0.184 e. The molecule has 33 heavy (non-hydrogen) atoms. The van der Waals surface area contributed by atoms with E-state index in [1.165, 1.54) is 69.8 Å². The van der Waals surface area contributed by atoms with Gasteiger partial charge in [0, 0.05) is 6.10 Å². The van der Waals surface area contributed by atoms with E-state index in [0.717, 1.165) is 29.6 Å². The minimum atomic E-state index is -1.48. The minimum absolute atomic E-state index is 0.489. The van der Waals surface area contributed by atoms with Crippen LogP contribution < -0.4 is 0 Å². The summed E-state index contributed by atoms with van der Waals surface area (Å²) in [6.07, 6.45) is 16.8. The molecular formula is C31H54OSi. The summed E-state index contributed by atoms with van der Waals surface area (Å²) in [6.45, 7) is 22.1. The molecule has 4 aliphatic carbocycles. The van der Waals surface area contributed by atoms with Gasteiger partial charge in [-0.05, 0) is 138 Å². The Bertz CT molecular complexity index is 783. The molecule has 4 rings (SSSR count). The summed E-state index contributed by atoms with van der Waals surface area (Å²) in [5.74, 6) is 4.18. The van der Waals surface area contributed by atoms with Crippen LogP contribution in [0.2, 0.25) is 19.6 Å². The molecule has 3 fully saturated rings. The Morgan fingerprint density at radius 3 is 2.45 bits per heavy atom. The molecule has 3 saturated carbocycles. The largest absolute Gasteiger partial charge is 0.414 e. The summed E-state index contributed by atoms with van der Waals surface area (Å²) < 4.78 is 6.72. The molecule has 0 aliphatic heterocycles. The van der Waals surface area contributed by atoms with Gasteiger partial charge in [-0.1, -0.05) is 50.5 Å². The maximum absolute atomic E-state index is 6.72. The topological polar surface area (TPSA) is 9.23 Å². The van der Waals surface area contributed by atoms with Crippen LogP contribution in [-0.2, 0) is 4.43 Å². The average Bonchev–Trinajstić information content (AvgIpc) is 3.06. The van der Waals surface area contributed by atoms with Crippen molar-refractivity contribution in [3.05, 3.63) is 22.8 Å². The predicted octanol–water partition coefficient (Wildman–Crippen LogP) is 9.56. The van der Waals surface area contributed by atoms with Crippen molar-refractivity contribution in [2.24, 2.45) is 40.4 Å². The summed E-state index contributed by atoms with van der Waals surface area (Å²) in [7, 11) is -1.48. The van der Waals surface area contributed by atoms with E-state index in [1.807, 2.05) is 11.1 Å². The molecule has 0 spiro atoms. The summed E-state index contributed by atoms with van der Waals surface area (Å²) >= 11 is 0. The Morgan fingerprint density at radius 1 is 1.06 bits per heavy atom. The van der Waals surface area contributed by atoms with Crippen molar-refractivity contribution in [2.75, 3.05) is 0 Å². The van der Waals surface area contributed by atoms with Crippen LogP contribution in [0.3, 0.4) is 0 Å². The third-order valence-electron chi connectivity index (χ3n) is 10.9. The number of allylic oxidation sites excluding steroid dienone is 4. The van der Waals surface area contributed by atoms with Gasteiger partial charge in [0.15, 0.2) is 8.32 Å². The second kappa shape index (κ2) is 9.27. The molecular weight excluding hydrogens is 416 g/mol. The van der Waals surface area contributed by atoms with E-state index >= 15 is 0 Å². The molecule has 1 nitrogen and oxygen atoms in total. The monoisotopic (exact) mass is 470 g/mol. The highest BCUT2D eigenvalue weighted by atomic mass is 28.4. The SMILES string of the molecule is CC(C)=CCC[C@@H](C)[C@H]1CCC2=C3CCC4C(C)C(O[Si](C)(C)C)CC[C@]4(C)[C@H]3CC[C@@]21C. The van der Waals surface area contributed by atoms with Crippen molar-refractivity contribution in [1.82, 2.24) is 0 Å². The second-order valence-corrected chi connectivity index (χ2v) is 18.8. The van der Waals surface area contributed by atoms with Crippen molar-refractivity contribution in [3.63, 3.8) is 0 Å². The molecule has 3 unspecified atom stereocenters. The van der Waals surface area contributed by atoms with Crippen molar-refractivity contribution in [3.8, 4) is 0 Å². The lowest BCUT2D eigenvalue weighted by Crippen LogP contribution is -2.53. The molecule has 0 aromatic rings.